The Morgan fingerprint density at radius 3 is 1.96 bits per heavy atom. The van der Waals surface area contributed by atoms with Gasteiger partial charge in [-0.1, -0.05) is 70.2 Å². The molecule has 2 aromatic carbocycles. The molecule has 0 aliphatic carbocycles. The Bertz CT molecular complexity index is 800. The van der Waals surface area contributed by atoms with Crippen molar-refractivity contribution >= 4 is 6.08 Å². The van der Waals surface area contributed by atoms with E-state index in [1.165, 1.54) is 17.7 Å². The highest BCUT2D eigenvalue weighted by Crippen LogP contribution is 2.39. The van der Waals surface area contributed by atoms with Gasteiger partial charge in [0, 0.05) is 12.5 Å². The second-order valence-electron chi connectivity index (χ2n) is 9.14. The first-order chi connectivity index (χ1) is 12.9. The summed E-state index contributed by atoms with van der Waals surface area (Å²) in [5.74, 6) is -0.288. The van der Waals surface area contributed by atoms with Crippen LogP contribution in [0.5, 0.6) is 0 Å². The molecule has 3 heteroatoms. The summed E-state index contributed by atoms with van der Waals surface area (Å²) in [6, 6.07) is 14.6. The van der Waals surface area contributed by atoms with Crippen molar-refractivity contribution < 1.29 is 9.50 Å². The van der Waals surface area contributed by atoms with Gasteiger partial charge in [0.05, 0.1) is 0 Å². The fourth-order valence-electron chi connectivity index (χ4n) is 3.72. The molecule has 0 radical (unpaired) electrons. The Morgan fingerprint density at radius 1 is 1.00 bits per heavy atom. The van der Waals surface area contributed by atoms with E-state index in [2.05, 4.69) is 44.7 Å². The number of benzene rings is 2. The van der Waals surface area contributed by atoms with Gasteiger partial charge >= 0.3 is 0 Å². The van der Waals surface area contributed by atoms with Crippen molar-refractivity contribution in [3.63, 3.8) is 0 Å². The van der Waals surface area contributed by atoms with Crippen molar-refractivity contribution in [3.8, 4) is 0 Å². The summed E-state index contributed by atoms with van der Waals surface area (Å²) in [6.45, 7) is 11.3. The molecule has 0 aromatic heterocycles. The topological polar surface area (TPSA) is 23.5 Å². The summed E-state index contributed by atoms with van der Waals surface area (Å²) in [5.41, 5.74) is 2.78. The lowest BCUT2D eigenvalue weighted by atomic mass is 9.75. The normalized spacial score (nSPS) is 16.1. The highest BCUT2D eigenvalue weighted by Gasteiger charge is 2.37. The van der Waals surface area contributed by atoms with Crippen LogP contribution in [-0.4, -0.2) is 30.6 Å². The minimum absolute atomic E-state index is 0.0281. The van der Waals surface area contributed by atoms with Crippen LogP contribution in [0.25, 0.3) is 6.08 Å². The van der Waals surface area contributed by atoms with Crippen molar-refractivity contribution in [2.75, 3.05) is 20.6 Å². The lowest BCUT2D eigenvalue weighted by Crippen LogP contribution is -2.40. The van der Waals surface area contributed by atoms with E-state index in [9.17, 15) is 9.50 Å². The average molecular weight is 384 g/mol. The molecule has 152 valence electrons. The molecule has 0 aliphatic heterocycles. The van der Waals surface area contributed by atoms with E-state index >= 15 is 0 Å². The minimum atomic E-state index is -1.12. The standard InChI is InChI=1S/C25H34FNO/c1-18(16-20-8-14-23(26)15-9-20)25(28,19(2)17-27(6)7)22-12-10-21(11-13-22)24(3,4)5/h8-16,19,28H,17H2,1-7H3. The average Bonchev–Trinajstić information content (AvgIpc) is 2.61. The minimum Gasteiger partial charge on any atom is -0.380 e. The van der Waals surface area contributed by atoms with Crippen molar-refractivity contribution in [2.45, 2.75) is 45.6 Å². The smallest absolute Gasteiger partial charge is 0.123 e. The predicted octanol–water partition coefficient (Wildman–Crippen LogP) is 5.61. The largest absolute Gasteiger partial charge is 0.380 e. The number of halogens is 1. The van der Waals surface area contributed by atoms with E-state index in [1.54, 1.807) is 12.1 Å². The maximum Gasteiger partial charge on any atom is 0.123 e. The van der Waals surface area contributed by atoms with Crippen molar-refractivity contribution in [1.29, 1.82) is 0 Å². The van der Waals surface area contributed by atoms with Gasteiger partial charge in [-0.3, -0.25) is 0 Å². The molecule has 0 saturated carbocycles. The van der Waals surface area contributed by atoms with Gasteiger partial charge in [-0.15, -0.1) is 0 Å². The summed E-state index contributed by atoms with van der Waals surface area (Å²) in [7, 11) is 4.03. The molecule has 0 saturated heterocycles. The number of aliphatic hydroxyl groups is 1. The molecule has 1 N–H and O–H groups in total. The molecule has 2 unspecified atom stereocenters. The Kier molecular flexibility index (Phi) is 6.84. The SMILES string of the molecule is CC(=Cc1ccc(F)cc1)C(O)(c1ccc(C(C)(C)C)cc1)C(C)CN(C)C. The highest BCUT2D eigenvalue weighted by atomic mass is 19.1. The van der Waals surface area contributed by atoms with Crippen LogP contribution in [0.15, 0.2) is 54.1 Å². The van der Waals surface area contributed by atoms with E-state index in [1.807, 2.05) is 39.2 Å². The molecule has 2 atom stereocenters. The Labute approximate surface area is 169 Å². The van der Waals surface area contributed by atoms with Gasteiger partial charge in [-0.05, 0) is 60.8 Å². The van der Waals surface area contributed by atoms with Gasteiger partial charge in [-0.2, -0.15) is 0 Å². The second kappa shape index (κ2) is 8.59. The molecule has 28 heavy (non-hydrogen) atoms. The zero-order chi connectivity index (χ0) is 21.1. The molecule has 0 fully saturated rings. The monoisotopic (exact) mass is 383 g/mol. The lowest BCUT2D eigenvalue weighted by Gasteiger charge is -2.38. The molecule has 2 rings (SSSR count). The third-order valence-corrected chi connectivity index (χ3v) is 5.40. The lowest BCUT2D eigenvalue weighted by molar-refractivity contribution is 0.0105. The van der Waals surface area contributed by atoms with E-state index in [-0.39, 0.29) is 17.2 Å². The van der Waals surface area contributed by atoms with Gasteiger partial charge in [0.2, 0.25) is 0 Å². The molecule has 0 bridgehead atoms. The molecule has 0 aliphatic rings. The van der Waals surface area contributed by atoms with Crippen LogP contribution >= 0.6 is 0 Å². The van der Waals surface area contributed by atoms with Crippen LogP contribution in [0.1, 0.15) is 51.3 Å². The van der Waals surface area contributed by atoms with E-state index in [0.29, 0.717) is 0 Å². The maximum absolute atomic E-state index is 13.3. The van der Waals surface area contributed by atoms with Crippen molar-refractivity contribution in [2.24, 2.45) is 5.92 Å². The van der Waals surface area contributed by atoms with E-state index < -0.39 is 5.60 Å². The number of nitrogens with zero attached hydrogens (tertiary/aromatic N) is 1. The maximum atomic E-state index is 13.3. The molecule has 2 nitrogen and oxygen atoms in total. The Hall–Kier alpha value is -1.97. The molecule has 0 amide bonds. The highest BCUT2D eigenvalue weighted by molar-refractivity contribution is 5.56. The fraction of sp³-hybridized carbons (Fsp3) is 0.440. The third-order valence-electron chi connectivity index (χ3n) is 5.40. The fourth-order valence-corrected chi connectivity index (χ4v) is 3.72. The van der Waals surface area contributed by atoms with Crippen LogP contribution < -0.4 is 0 Å². The van der Waals surface area contributed by atoms with Gasteiger partial charge in [0.15, 0.2) is 0 Å². The van der Waals surface area contributed by atoms with E-state index in [4.69, 9.17) is 0 Å². The van der Waals surface area contributed by atoms with Gasteiger partial charge in [0.25, 0.3) is 0 Å². The first-order valence-electron chi connectivity index (χ1n) is 9.87. The predicted molar refractivity (Wildman–Crippen MR) is 117 cm³/mol. The summed E-state index contributed by atoms with van der Waals surface area (Å²) in [5, 5.41) is 11.9. The summed E-state index contributed by atoms with van der Waals surface area (Å²) >= 11 is 0. The Morgan fingerprint density at radius 2 is 1.50 bits per heavy atom. The van der Waals surface area contributed by atoms with Crippen molar-refractivity contribution in [1.82, 2.24) is 4.90 Å². The van der Waals surface area contributed by atoms with Crippen LogP contribution in [0.4, 0.5) is 4.39 Å². The second-order valence-corrected chi connectivity index (χ2v) is 9.14. The summed E-state index contributed by atoms with van der Waals surface area (Å²) < 4.78 is 13.3. The van der Waals surface area contributed by atoms with Gasteiger partial charge in [-0.25, -0.2) is 4.39 Å². The first kappa shape index (κ1) is 22.3. The van der Waals surface area contributed by atoms with Crippen LogP contribution in [0, 0.1) is 11.7 Å². The zero-order valence-corrected chi connectivity index (χ0v) is 18.3. The molecular formula is C25H34FNO. The Balaban J connectivity index is 2.52. The summed E-state index contributed by atoms with van der Waals surface area (Å²) in [6.07, 6.45) is 1.95. The van der Waals surface area contributed by atoms with Gasteiger partial charge in [0.1, 0.15) is 11.4 Å². The molecular weight excluding hydrogens is 349 g/mol. The van der Waals surface area contributed by atoms with Crippen LogP contribution in [0.2, 0.25) is 0 Å². The number of hydrogen-bond acceptors (Lipinski definition) is 2. The van der Waals surface area contributed by atoms with Crippen LogP contribution in [0.3, 0.4) is 0 Å². The first-order valence-corrected chi connectivity index (χ1v) is 9.87. The number of rotatable bonds is 6. The molecule has 0 spiro atoms. The molecule has 2 aromatic rings. The van der Waals surface area contributed by atoms with Crippen molar-refractivity contribution in [3.05, 3.63) is 76.6 Å². The summed E-state index contributed by atoms with van der Waals surface area (Å²) in [4.78, 5) is 2.09. The van der Waals surface area contributed by atoms with Crippen LogP contribution in [-0.2, 0) is 11.0 Å². The van der Waals surface area contributed by atoms with Gasteiger partial charge < -0.3 is 10.0 Å². The number of hydrogen-bond donors (Lipinski definition) is 1. The molecule has 0 heterocycles. The quantitative estimate of drug-likeness (QED) is 0.701. The third kappa shape index (κ3) is 5.09. The van der Waals surface area contributed by atoms with E-state index in [0.717, 1.165) is 23.2 Å². The zero-order valence-electron chi connectivity index (χ0n) is 18.3.